The molecular formula is C18H17NO4S. The molecule has 0 spiro atoms. The van der Waals surface area contributed by atoms with E-state index >= 15 is 0 Å². The Morgan fingerprint density at radius 3 is 2.46 bits per heavy atom. The number of carbonyl (C=O) groups excluding carboxylic acids is 3. The van der Waals surface area contributed by atoms with E-state index in [-0.39, 0.29) is 13.1 Å². The van der Waals surface area contributed by atoms with E-state index < -0.39 is 17.5 Å². The maximum Gasteiger partial charge on any atom is 0.325 e. The van der Waals surface area contributed by atoms with Crippen molar-refractivity contribution in [1.82, 2.24) is 0 Å². The molecule has 0 N–H and O–H groups in total. The molecule has 0 aliphatic heterocycles. The molecule has 0 bridgehead atoms. The van der Waals surface area contributed by atoms with Crippen LogP contribution in [0.4, 0.5) is 5.00 Å². The Bertz CT molecular complexity index is 723. The quantitative estimate of drug-likeness (QED) is 0.419. The van der Waals surface area contributed by atoms with Crippen molar-refractivity contribution in [1.29, 1.82) is 0 Å². The Morgan fingerprint density at radius 2 is 1.83 bits per heavy atom. The van der Waals surface area contributed by atoms with E-state index in [1.165, 1.54) is 29.4 Å². The van der Waals surface area contributed by atoms with Gasteiger partial charge in [0.25, 0.3) is 0 Å². The van der Waals surface area contributed by atoms with Gasteiger partial charge in [0.1, 0.15) is 6.54 Å². The van der Waals surface area contributed by atoms with E-state index in [0.29, 0.717) is 0 Å². The van der Waals surface area contributed by atoms with Gasteiger partial charge in [-0.25, -0.2) is 0 Å². The number of hydrogen-bond acceptors (Lipinski definition) is 6. The molecule has 0 radical (unpaired) electrons. The monoisotopic (exact) mass is 343 g/mol. The number of benzene rings is 1. The van der Waals surface area contributed by atoms with E-state index in [4.69, 9.17) is 0 Å². The van der Waals surface area contributed by atoms with Crippen LogP contribution in [0.1, 0.15) is 5.56 Å². The zero-order valence-corrected chi connectivity index (χ0v) is 14.0. The average Bonchev–Trinajstić information content (AvgIpc) is 3.14. The number of anilines is 1. The van der Waals surface area contributed by atoms with Crippen molar-refractivity contribution in [2.75, 3.05) is 25.1 Å². The molecule has 2 rings (SSSR count). The Labute approximate surface area is 144 Å². The number of rotatable bonds is 8. The van der Waals surface area contributed by atoms with Crippen LogP contribution in [0, 0.1) is 0 Å². The summed E-state index contributed by atoms with van der Waals surface area (Å²) in [4.78, 5) is 37.2. The number of hydrogen-bond donors (Lipinski definition) is 0. The van der Waals surface area contributed by atoms with Crippen molar-refractivity contribution in [3.8, 4) is 0 Å². The minimum absolute atomic E-state index is 0.0849. The molecule has 0 saturated carbocycles. The highest BCUT2D eigenvalue weighted by atomic mass is 32.1. The Kier molecular flexibility index (Phi) is 6.45. The first-order valence-corrected chi connectivity index (χ1v) is 8.13. The van der Waals surface area contributed by atoms with E-state index in [1.807, 2.05) is 41.8 Å². The van der Waals surface area contributed by atoms with Gasteiger partial charge in [0.15, 0.2) is 0 Å². The van der Waals surface area contributed by atoms with Gasteiger partial charge in [-0.3, -0.25) is 14.4 Å². The van der Waals surface area contributed by atoms with Gasteiger partial charge < -0.3 is 9.64 Å². The van der Waals surface area contributed by atoms with Crippen LogP contribution in [0.15, 0.2) is 53.9 Å². The van der Waals surface area contributed by atoms with E-state index in [2.05, 4.69) is 4.74 Å². The second kappa shape index (κ2) is 8.79. The summed E-state index contributed by atoms with van der Waals surface area (Å²) in [6.07, 6.45) is 2.85. The number of esters is 1. The Hall–Kier alpha value is -2.73. The molecule has 124 valence electrons. The summed E-state index contributed by atoms with van der Waals surface area (Å²) < 4.78 is 4.64. The van der Waals surface area contributed by atoms with E-state index in [0.717, 1.165) is 10.6 Å². The first kappa shape index (κ1) is 17.6. The molecule has 0 fully saturated rings. The number of ketones is 2. The first-order chi connectivity index (χ1) is 11.6. The third kappa shape index (κ3) is 5.17. The normalized spacial score (nSPS) is 10.5. The molecule has 2 aromatic rings. The SMILES string of the molecule is COC(=O)CN(CC(=O)C(=O)/C=C/c1ccccc1)c1cccs1. The number of methoxy groups -OCH3 is 1. The Balaban J connectivity index is 2.02. The number of ether oxygens (including phenoxy) is 1. The standard InChI is InChI=1S/C18H17NO4S/c1-23-18(22)13-19(17-8-5-11-24-17)12-16(21)15(20)10-9-14-6-3-2-4-7-14/h2-11H,12-13H2,1H3/b10-9+. The largest absolute Gasteiger partial charge is 0.468 e. The van der Waals surface area contributed by atoms with Gasteiger partial charge in [-0.15, -0.1) is 11.3 Å². The molecule has 0 aliphatic rings. The molecule has 0 atom stereocenters. The highest BCUT2D eigenvalue weighted by Crippen LogP contribution is 2.21. The van der Waals surface area contributed by atoms with Gasteiger partial charge in [-0.1, -0.05) is 36.4 Å². The van der Waals surface area contributed by atoms with Crippen LogP contribution < -0.4 is 4.90 Å². The Morgan fingerprint density at radius 1 is 1.08 bits per heavy atom. The van der Waals surface area contributed by atoms with Gasteiger partial charge in [-0.05, 0) is 29.2 Å². The summed E-state index contributed by atoms with van der Waals surface area (Å²) in [5, 5.41) is 2.56. The molecule has 1 aromatic heterocycles. The molecule has 0 aliphatic carbocycles. The van der Waals surface area contributed by atoms with Gasteiger partial charge in [-0.2, -0.15) is 0 Å². The van der Waals surface area contributed by atoms with Crippen molar-refractivity contribution >= 4 is 39.9 Å². The zero-order valence-electron chi connectivity index (χ0n) is 13.2. The van der Waals surface area contributed by atoms with Crippen molar-refractivity contribution in [2.24, 2.45) is 0 Å². The molecule has 5 nitrogen and oxygen atoms in total. The van der Waals surface area contributed by atoms with Crippen molar-refractivity contribution in [3.05, 3.63) is 59.5 Å². The van der Waals surface area contributed by atoms with E-state index in [1.54, 1.807) is 12.1 Å². The lowest BCUT2D eigenvalue weighted by Crippen LogP contribution is -2.36. The number of allylic oxidation sites excluding steroid dienone is 1. The fourth-order valence-corrected chi connectivity index (χ4v) is 2.69. The van der Waals surface area contributed by atoms with Crippen LogP contribution in [0.2, 0.25) is 0 Å². The predicted octanol–water partition coefficient (Wildman–Crippen LogP) is 2.58. The maximum absolute atomic E-state index is 12.1. The van der Waals surface area contributed by atoms with Crippen LogP contribution in [-0.4, -0.2) is 37.7 Å². The molecule has 24 heavy (non-hydrogen) atoms. The van der Waals surface area contributed by atoms with Crippen LogP contribution in [0.3, 0.4) is 0 Å². The van der Waals surface area contributed by atoms with Crippen molar-refractivity contribution in [3.63, 3.8) is 0 Å². The second-order valence-electron chi connectivity index (χ2n) is 4.91. The van der Waals surface area contributed by atoms with Crippen LogP contribution in [0.25, 0.3) is 6.08 Å². The summed E-state index contributed by atoms with van der Waals surface area (Å²) in [7, 11) is 1.28. The lowest BCUT2D eigenvalue weighted by Gasteiger charge is -2.20. The molecular weight excluding hydrogens is 326 g/mol. The molecule has 1 heterocycles. The van der Waals surface area contributed by atoms with Crippen LogP contribution in [0.5, 0.6) is 0 Å². The lowest BCUT2D eigenvalue weighted by atomic mass is 10.1. The molecule has 6 heteroatoms. The first-order valence-electron chi connectivity index (χ1n) is 7.25. The van der Waals surface area contributed by atoms with Crippen molar-refractivity contribution < 1.29 is 19.1 Å². The minimum atomic E-state index is -0.606. The number of Topliss-reactive ketones (excluding diaryl/α,β-unsaturated/α-hetero) is 1. The molecule has 0 unspecified atom stereocenters. The zero-order chi connectivity index (χ0) is 17.4. The van der Waals surface area contributed by atoms with Gasteiger partial charge >= 0.3 is 5.97 Å². The summed E-state index contributed by atoms with van der Waals surface area (Å²) in [5.74, 6) is -1.66. The van der Waals surface area contributed by atoms with E-state index in [9.17, 15) is 14.4 Å². The average molecular weight is 343 g/mol. The van der Waals surface area contributed by atoms with Crippen molar-refractivity contribution in [2.45, 2.75) is 0 Å². The smallest absolute Gasteiger partial charge is 0.325 e. The number of thiophene rings is 1. The lowest BCUT2D eigenvalue weighted by molar-refractivity contribution is -0.139. The minimum Gasteiger partial charge on any atom is -0.468 e. The molecule has 0 saturated heterocycles. The third-order valence-electron chi connectivity index (χ3n) is 3.20. The topological polar surface area (TPSA) is 63.7 Å². The fraction of sp³-hybridized carbons (Fsp3) is 0.167. The van der Waals surface area contributed by atoms with Gasteiger partial charge in [0, 0.05) is 0 Å². The summed E-state index contributed by atoms with van der Waals surface area (Å²) in [6.45, 7) is -0.258. The molecule has 1 aromatic carbocycles. The number of nitrogens with zero attached hydrogens (tertiary/aromatic N) is 1. The maximum atomic E-state index is 12.1. The molecule has 0 amide bonds. The fourth-order valence-electron chi connectivity index (χ4n) is 1.96. The number of carbonyl (C=O) groups is 3. The second-order valence-corrected chi connectivity index (χ2v) is 5.84. The van der Waals surface area contributed by atoms with Crippen LogP contribution >= 0.6 is 11.3 Å². The highest BCUT2D eigenvalue weighted by molar-refractivity contribution is 7.14. The van der Waals surface area contributed by atoms with Gasteiger partial charge in [0.2, 0.25) is 11.6 Å². The highest BCUT2D eigenvalue weighted by Gasteiger charge is 2.19. The predicted molar refractivity (Wildman–Crippen MR) is 94.0 cm³/mol. The summed E-state index contributed by atoms with van der Waals surface area (Å²) in [6, 6.07) is 12.8. The van der Waals surface area contributed by atoms with Crippen LogP contribution in [-0.2, 0) is 19.1 Å². The summed E-state index contributed by atoms with van der Waals surface area (Å²) >= 11 is 1.38. The van der Waals surface area contributed by atoms with Gasteiger partial charge in [0.05, 0.1) is 18.7 Å². The third-order valence-corrected chi connectivity index (χ3v) is 4.13. The summed E-state index contributed by atoms with van der Waals surface area (Å²) in [5.41, 5.74) is 0.836.